The van der Waals surface area contributed by atoms with Gasteiger partial charge in [0.2, 0.25) is 0 Å². The highest BCUT2D eigenvalue weighted by Crippen LogP contribution is 2.46. The topological polar surface area (TPSA) is 34.0 Å². The van der Waals surface area contributed by atoms with E-state index in [0.717, 1.165) is 52.3 Å². The first-order valence-electron chi connectivity index (χ1n) is 19.9. The highest BCUT2D eigenvalue weighted by atomic mass is 16.5. The van der Waals surface area contributed by atoms with Crippen molar-refractivity contribution in [2.24, 2.45) is 9.98 Å². The van der Waals surface area contributed by atoms with Crippen LogP contribution in [0.1, 0.15) is 41.0 Å². The van der Waals surface area contributed by atoms with Gasteiger partial charge >= 0.3 is 0 Å². The molecule has 0 bridgehead atoms. The predicted molar refractivity (Wildman–Crippen MR) is 238 cm³/mol. The Kier molecular flexibility index (Phi) is 8.10. The van der Waals surface area contributed by atoms with Crippen LogP contribution in [0, 0.1) is 0 Å². The molecule has 3 nitrogen and oxygen atoms in total. The van der Waals surface area contributed by atoms with Crippen molar-refractivity contribution in [1.29, 1.82) is 0 Å². The van der Waals surface area contributed by atoms with E-state index in [0.29, 0.717) is 5.84 Å². The fourth-order valence-electron chi connectivity index (χ4n) is 8.82. The Bertz CT molecular complexity index is 3050. The molecule has 2 aliphatic heterocycles. The number of nitrogens with zero attached hydrogens (tertiary/aromatic N) is 2. The molecule has 0 N–H and O–H groups in total. The molecule has 0 amide bonds. The van der Waals surface area contributed by atoms with Crippen molar-refractivity contribution in [3.8, 4) is 28.0 Å². The number of ether oxygens (including phenoxy) is 1. The first-order valence-corrected chi connectivity index (χ1v) is 19.9. The fourth-order valence-corrected chi connectivity index (χ4v) is 8.82. The third-order valence-electron chi connectivity index (χ3n) is 11.7. The van der Waals surface area contributed by atoms with Crippen molar-refractivity contribution in [1.82, 2.24) is 0 Å². The van der Waals surface area contributed by atoms with Gasteiger partial charge in [-0.3, -0.25) is 0 Å². The second kappa shape index (κ2) is 13.9. The van der Waals surface area contributed by atoms with Crippen LogP contribution in [0.15, 0.2) is 204 Å². The number of amidine groups is 1. The third-order valence-corrected chi connectivity index (χ3v) is 11.7. The average molecular weight is 731 g/mol. The van der Waals surface area contributed by atoms with Gasteiger partial charge in [-0.25, -0.2) is 9.98 Å². The second-order valence-corrected chi connectivity index (χ2v) is 15.1. The van der Waals surface area contributed by atoms with Crippen LogP contribution in [-0.2, 0) is 0 Å². The predicted octanol–water partition coefficient (Wildman–Crippen LogP) is 13.5. The van der Waals surface area contributed by atoms with Crippen molar-refractivity contribution < 1.29 is 4.74 Å². The summed E-state index contributed by atoms with van der Waals surface area (Å²) in [5.41, 5.74) is 10.9. The number of rotatable bonds is 5. The summed E-state index contributed by atoms with van der Waals surface area (Å²) in [6.07, 6.45) is 12.4. The minimum atomic E-state index is -0.00378. The maximum atomic E-state index is 6.65. The smallest absolute Gasteiger partial charge is 0.160 e. The molecule has 270 valence electrons. The lowest BCUT2D eigenvalue weighted by atomic mass is 9.88. The van der Waals surface area contributed by atoms with E-state index in [1.165, 1.54) is 54.6 Å². The van der Waals surface area contributed by atoms with Crippen molar-refractivity contribution in [2.45, 2.75) is 24.9 Å². The molecular weight excluding hydrogens is 693 g/mol. The molecule has 0 saturated carbocycles. The zero-order valence-electron chi connectivity index (χ0n) is 31.3. The molecule has 0 saturated heterocycles. The van der Waals surface area contributed by atoms with Gasteiger partial charge in [0.05, 0.1) is 11.4 Å². The summed E-state index contributed by atoms with van der Waals surface area (Å²) >= 11 is 0. The monoisotopic (exact) mass is 730 g/mol. The molecule has 11 rings (SSSR count). The number of allylic oxidation sites excluding steroid dienone is 3. The highest BCUT2D eigenvalue weighted by molar-refractivity contribution is 6.21. The number of hydrogen-bond donors (Lipinski definition) is 0. The van der Waals surface area contributed by atoms with Crippen LogP contribution in [0.25, 0.3) is 60.3 Å². The molecule has 0 spiro atoms. The van der Waals surface area contributed by atoms with E-state index in [1.807, 2.05) is 0 Å². The SMILES string of the molecule is C1=CC2Oc3c(C4=C/CC/C(c5c(-c6ccc7ccccc7c6)ccc6ccccc56)=N/C(c5ccc(-c6ccc7ccccc7c6)cc5)=N\4)cccc3C2C=C1. The van der Waals surface area contributed by atoms with E-state index in [4.69, 9.17) is 14.7 Å². The van der Waals surface area contributed by atoms with E-state index < -0.39 is 0 Å². The maximum Gasteiger partial charge on any atom is 0.160 e. The Labute approximate surface area is 332 Å². The molecule has 1 aliphatic carbocycles. The minimum absolute atomic E-state index is 0.00378. The van der Waals surface area contributed by atoms with Crippen LogP contribution in [-0.4, -0.2) is 17.7 Å². The fraction of sp³-hybridized carbons (Fsp3) is 0.0741. The second-order valence-electron chi connectivity index (χ2n) is 15.1. The summed E-state index contributed by atoms with van der Waals surface area (Å²) in [6.45, 7) is 0. The van der Waals surface area contributed by atoms with Crippen molar-refractivity contribution in [3.05, 3.63) is 216 Å². The first-order chi connectivity index (χ1) is 28.2. The molecule has 0 aromatic heterocycles. The van der Waals surface area contributed by atoms with E-state index in [1.54, 1.807) is 0 Å². The Balaban J connectivity index is 1.08. The first kappa shape index (κ1) is 33.3. The average Bonchev–Trinajstić information content (AvgIpc) is 3.65. The summed E-state index contributed by atoms with van der Waals surface area (Å²) in [5.74, 6) is 1.81. The third kappa shape index (κ3) is 6.00. The van der Waals surface area contributed by atoms with Gasteiger partial charge in [0.25, 0.3) is 0 Å². The van der Waals surface area contributed by atoms with Gasteiger partial charge < -0.3 is 4.74 Å². The van der Waals surface area contributed by atoms with E-state index in [-0.39, 0.29) is 12.0 Å². The van der Waals surface area contributed by atoms with Crippen LogP contribution >= 0.6 is 0 Å². The number of hydrogen-bond acceptors (Lipinski definition) is 3. The number of fused-ring (bicyclic) bond motifs is 6. The van der Waals surface area contributed by atoms with Gasteiger partial charge in [-0.2, -0.15) is 0 Å². The number of aliphatic imine (C=N–C) groups is 2. The number of benzene rings is 8. The number of para-hydroxylation sites is 1. The molecule has 0 radical (unpaired) electrons. The lowest BCUT2D eigenvalue weighted by molar-refractivity contribution is 0.268. The lowest BCUT2D eigenvalue weighted by Gasteiger charge is -2.19. The molecule has 8 aromatic carbocycles. The molecule has 57 heavy (non-hydrogen) atoms. The molecule has 8 aromatic rings. The Hall–Kier alpha value is -7.10. The molecule has 3 heteroatoms. The maximum absolute atomic E-state index is 6.65. The van der Waals surface area contributed by atoms with Gasteiger partial charge in [0.1, 0.15) is 11.9 Å². The van der Waals surface area contributed by atoms with Crippen molar-refractivity contribution in [2.75, 3.05) is 0 Å². The zero-order valence-corrected chi connectivity index (χ0v) is 31.3. The van der Waals surface area contributed by atoms with Gasteiger partial charge in [-0.05, 0) is 91.7 Å². The van der Waals surface area contributed by atoms with Gasteiger partial charge in [-0.1, -0.05) is 170 Å². The minimum Gasteiger partial charge on any atom is -0.484 e. The molecule has 0 fully saturated rings. The van der Waals surface area contributed by atoms with Crippen LogP contribution in [0.4, 0.5) is 0 Å². The Morgan fingerprint density at radius 1 is 0.491 bits per heavy atom. The lowest BCUT2D eigenvalue weighted by Crippen LogP contribution is -2.15. The van der Waals surface area contributed by atoms with Crippen LogP contribution in [0.3, 0.4) is 0 Å². The quantitative estimate of drug-likeness (QED) is 0.174. The molecule has 2 atom stereocenters. The summed E-state index contributed by atoms with van der Waals surface area (Å²) in [4.78, 5) is 11.1. The molecule has 3 aliphatic rings. The van der Waals surface area contributed by atoms with Crippen molar-refractivity contribution >= 4 is 49.6 Å². The highest BCUT2D eigenvalue weighted by Gasteiger charge is 2.34. The Morgan fingerprint density at radius 3 is 1.95 bits per heavy atom. The standard InChI is InChI=1S/C54H38N2O/c1-3-14-40-33-42(29-25-35(40)11-1)37-23-27-39(28-24-37)54-55-49(48-19-9-18-47-46-17-7-8-22-51(46)57-53(47)48)20-10-21-50(56-54)52-44-16-6-5-13-38(44)31-32-45(52)43-30-26-36-12-2-4-15-41(36)34-43/h1-9,11-20,22-34,46,51H,10,21H2/b49-20-,55-54-,56-50-. The summed E-state index contributed by atoms with van der Waals surface area (Å²) in [6, 6.07) is 58.9. The largest absolute Gasteiger partial charge is 0.484 e. The van der Waals surface area contributed by atoms with E-state index >= 15 is 0 Å². The van der Waals surface area contributed by atoms with Gasteiger partial charge in [0.15, 0.2) is 5.84 Å². The zero-order chi connectivity index (χ0) is 37.7. The Morgan fingerprint density at radius 2 is 1.14 bits per heavy atom. The van der Waals surface area contributed by atoms with E-state index in [9.17, 15) is 0 Å². The molecule has 2 unspecified atom stereocenters. The van der Waals surface area contributed by atoms with Crippen LogP contribution in [0.5, 0.6) is 5.75 Å². The van der Waals surface area contributed by atoms with Crippen LogP contribution < -0.4 is 4.74 Å². The van der Waals surface area contributed by atoms with Crippen LogP contribution in [0.2, 0.25) is 0 Å². The summed E-state index contributed by atoms with van der Waals surface area (Å²) in [7, 11) is 0. The summed E-state index contributed by atoms with van der Waals surface area (Å²) < 4.78 is 6.65. The van der Waals surface area contributed by atoms with Crippen molar-refractivity contribution in [3.63, 3.8) is 0 Å². The molecule has 2 heterocycles. The summed E-state index contributed by atoms with van der Waals surface area (Å²) in [5, 5.41) is 7.30. The van der Waals surface area contributed by atoms with Gasteiger partial charge in [-0.15, -0.1) is 0 Å². The normalized spacial score (nSPS) is 20.0. The molecular formula is C54H38N2O. The van der Waals surface area contributed by atoms with E-state index in [2.05, 4.69) is 194 Å². The van der Waals surface area contributed by atoms with Gasteiger partial charge in [0, 0.05) is 28.2 Å².